The Kier molecular flexibility index (Phi) is 6.64. The van der Waals surface area contributed by atoms with Crippen LogP contribution in [0, 0.1) is 5.92 Å². The van der Waals surface area contributed by atoms with E-state index in [1.54, 1.807) is 12.0 Å². The second-order valence-electron chi connectivity index (χ2n) is 6.47. The van der Waals surface area contributed by atoms with Crippen LogP contribution in [0.15, 0.2) is 24.3 Å². The molecule has 1 N–H and O–H groups in total. The molecule has 1 aromatic rings. The maximum absolute atomic E-state index is 12.2. The number of aliphatic carboxylic acids is 1. The molecule has 0 radical (unpaired) electrons. The van der Waals surface area contributed by atoms with Crippen LogP contribution in [0.2, 0.25) is 0 Å². The lowest BCUT2D eigenvalue weighted by molar-refractivity contribution is -0.143. The van der Waals surface area contributed by atoms with Gasteiger partial charge in [0.15, 0.2) is 0 Å². The lowest BCUT2D eigenvalue weighted by atomic mass is 10.0. The number of rotatable bonds is 8. The Hall–Kier alpha value is -2.04. The Bertz CT molecular complexity index is 555. The zero-order chi connectivity index (χ0) is 17.5. The van der Waals surface area contributed by atoms with Gasteiger partial charge in [-0.1, -0.05) is 18.6 Å². The average molecular weight is 333 g/mol. The molecule has 24 heavy (non-hydrogen) atoms. The number of amides is 1. The number of ether oxygens (including phenoxy) is 1. The van der Waals surface area contributed by atoms with Crippen LogP contribution in [-0.4, -0.2) is 41.6 Å². The van der Waals surface area contributed by atoms with Gasteiger partial charge in [0.05, 0.1) is 13.0 Å². The van der Waals surface area contributed by atoms with E-state index in [9.17, 15) is 9.59 Å². The minimum Gasteiger partial charge on any atom is -0.497 e. The van der Waals surface area contributed by atoms with Crippen molar-refractivity contribution >= 4 is 11.9 Å². The number of benzene rings is 1. The number of aryl methyl sites for hydroxylation is 1. The lowest BCUT2D eigenvalue weighted by Crippen LogP contribution is -2.37. The molecule has 5 nitrogen and oxygen atoms in total. The van der Waals surface area contributed by atoms with Crippen molar-refractivity contribution in [3.05, 3.63) is 29.8 Å². The van der Waals surface area contributed by atoms with Crippen molar-refractivity contribution in [1.29, 1.82) is 0 Å². The van der Waals surface area contributed by atoms with Crippen LogP contribution in [0.3, 0.4) is 0 Å². The van der Waals surface area contributed by atoms with E-state index in [2.05, 4.69) is 12.1 Å². The minimum atomic E-state index is -0.794. The summed E-state index contributed by atoms with van der Waals surface area (Å²) in [6.45, 7) is 2.41. The topological polar surface area (TPSA) is 66.8 Å². The Morgan fingerprint density at radius 3 is 2.50 bits per heavy atom. The van der Waals surface area contributed by atoms with Crippen molar-refractivity contribution in [1.82, 2.24) is 4.90 Å². The van der Waals surface area contributed by atoms with Gasteiger partial charge in [-0.2, -0.15) is 0 Å². The molecule has 0 aromatic heterocycles. The van der Waals surface area contributed by atoms with E-state index in [0.717, 1.165) is 31.4 Å². The van der Waals surface area contributed by atoms with Crippen molar-refractivity contribution in [2.24, 2.45) is 5.92 Å². The summed E-state index contributed by atoms with van der Waals surface area (Å²) in [5.74, 6) is -0.249. The molecular weight excluding hydrogens is 306 g/mol. The molecule has 132 valence electrons. The van der Waals surface area contributed by atoms with Crippen LogP contribution in [-0.2, 0) is 16.0 Å². The van der Waals surface area contributed by atoms with Gasteiger partial charge >= 0.3 is 5.97 Å². The Morgan fingerprint density at radius 1 is 1.21 bits per heavy atom. The number of hydrogen-bond donors (Lipinski definition) is 1. The van der Waals surface area contributed by atoms with Crippen LogP contribution in [0.1, 0.15) is 44.6 Å². The molecule has 2 rings (SSSR count). The predicted octanol–water partition coefficient (Wildman–Crippen LogP) is 3.12. The molecule has 1 aliphatic rings. The number of carbonyl (C=O) groups excluding carboxylic acids is 1. The molecule has 0 saturated carbocycles. The number of hydrogen-bond acceptors (Lipinski definition) is 3. The SMILES string of the molecule is COc1ccc(CCCCCC(=O)N2CCC(C(=O)O)C2C)cc1. The number of nitrogens with zero attached hydrogens (tertiary/aromatic N) is 1. The highest BCUT2D eigenvalue weighted by atomic mass is 16.5. The van der Waals surface area contributed by atoms with Gasteiger partial charge in [0, 0.05) is 19.0 Å². The standard InChI is InChI=1S/C19H27NO4/c1-14-17(19(22)23)12-13-20(14)18(21)7-5-3-4-6-15-8-10-16(24-2)11-9-15/h8-11,14,17H,3-7,12-13H2,1-2H3,(H,22,23). The quantitative estimate of drug-likeness (QED) is 0.742. The first kappa shape index (κ1) is 18.3. The number of carboxylic acids is 1. The normalized spacial score (nSPS) is 20.2. The first-order chi connectivity index (χ1) is 11.5. The molecule has 0 aliphatic carbocycles. The molecule has 1 amide bonds. The fourth-order valence-corrected chi connectivity index (χ4v) is 3.34. The molecule has 1 aromatic carbocycles. The molecule has 0 bridgehead atoms. The Balaban J connectivity index is 1.65. The molecule has 1 aliphatic heterocycles. The van der Waals surface area contributed by atoms with Crippen LogP contribution >= 0.6 is 0 Å². The zero-order valence-corrected chi connectivity index (χ0v) is 14.5. The largest absolute Gasteiger partial charge is 0.497 e. The number of unbranched alkanes of at least 4 members (excludes halogenated alkanes) is 2. The lowest BCUT2D eigenvalue weighted by Gasteiger charge is -2.23. The van der Waals surface area contributed by atoms with Crippen LogP contribution in [0.4, 0.5) is 0 Å². The monoisotopic (exact) mass is 333 g/mol. The van der Waals surface area contributed by atoms with Crippen LogP contribution < -0.4 is 4.74 Å². The van der Waals surface area contributed by atoms with Crippen LogP contribution in [0.25, 0.3) is 0 Å². The van der Waals surface area contributed by atoms with Crippen molar-refractivity contribution in [3.8, 4) is 5.75 Å². The summed E-state index contributed by atoms with van der Waals surface area (Å²) in [7, 11) is 1.66. The summed E-state index contributed by atoms with van der Waals surface area (Å²) in [6, 6.07) is 7.89. The van der Waals surface area contributed by atoms with Gasteiger partial charge < -0.3 is 14.7 Å². The predicted molar refractivity (Wildman–Crippen MR) is 92.1 cm³/mol. The van der Waals surface area contributed by atoms with Gasteiger partial charge in [0.25, 0.3) is 0 Å². The van der Waals surface area contributed by atoms with Crippen molar-refractivity contribution < 1.29 is 19.4 Å². The third-order valence-corrected chi connectivity index (χ3v) is 4.91. The molecule has 0 spiro atoms. The minimum absolute atomic E-state index is 0.0932. The average Bonchev–Trinajstić information content (AvgIpc) is 2.97. The van der Waals surface area contributed by atoms with E-state index in [0.29, 0.717) is 19.4 Å². The van der Waals surface area contributed by atoms with E-state index >= 15 is 0 Å². The van der Waals surface area contributed by atoms with E-state index in [1.807, 2.05) is 19.1 Å². The number of methoxy groups -OCH3 is 1. The van der Waals surface area contributed by atoms with Gasteiger partial charge in [-0.05, 0) is 50.3 Å². The summed E-state index contributed by atoms with van der Waals surface area (Å²) < 4.78 is 5.14. The molecule has 2 unspecified atom stereocenters. The number of carbonyl (C=O) groups is 2. The summed E-state index contributed by atoms with van der Waals surface area (Å²) in [5.41, 5.74) is 1.28. The Labute approximate surface area is 143 Å². The van der Waals surface area contributed by atoms with Gasteiger partial charge in [-0.25, -0.2) is 0 Å². The van der Waals surface area contributed by atoms with Crippen LogP contribution in [0.5, 0.6) is 5.75 Å². The van der Waals surface area contributed by atoms with Crippen molar-refractivity contribution in [2.75, 3.05) is 13.7 Å². The summed E-state index contributed by atoms with van der Waals surface area (Å²) in [4.78, 5) is 25.1. The molecule has 2 atom stereocenters. The maximum Gasteiger partial charge on any atom is 0.308 e. The van der Waals surface area contributed by atoms with E-state index in [1.165, 1.54) is 5.56 Å². The van der Waals surface area contributed by atoms with E-state index in [4.69, 9.17) is 9.84 Å². The van der Waals surface area contributed by atoms with Gasteiger partial charge in [-0.15, -0.1) is 0 Å². The van der Waals surface area contributed by atoms with E-state index < -0.39 is 11.9 Å². The molecule has 5 heteroatoms. The smallest absolute Gasteiger partial charge is 0.308 e. The van der Waals surface area contributed by atoms with Crippen molar-refractivity contribution in [2.45, 2.75) is 51.5 Å². The molecule has 1 heterocycles. The summed E-state index contributed by atoms with van der Waals surface area (Å²) >= 11 is 0. The third kappa shape index (κ3) is 4.73. The van der Waals surface area contributed by atoms with Gasteiger partial charge in [-0.3, -0.25) is 9.59 Å². The molecular formula is C19H27NO4. The van der Waals surface area contributed by atoms with Gasteiger partial charge in [0.1, 0.15) is 5.75 Å². The highest BCUT2D eigenvalue weighted by molar-refractivity contribution is 5.79. The van der Waals surface area contributed by atoms with Crippen molar-refractivity contribution in [3.63, 3.8) is 0 Å². The first-order valence-corrected chi connectivity index (χ1v) is 8.68. The maximum atomic E-state index is 12.2. The number of carboxylic acid groups (broad SMARTS) is 1. The third-order valence-electron chi connectivity index (χ3n) is 4.91. The van der Waals surface area contributed by atoms with E-state index in [-0.39, 0.29) is 11.9 Å². The number of likely N-dealkylation sites (tertiary alicyclic amines) is 1. The second kappa shape index (κ2) is 8.71. The molecule has 1 saturated heterocycles. The Morgan fingerprint density at radius 2 is 1.92 bits per heavy atom. The zero-order valence-electron chi connectivity index (χ0n) is 14.5. The fourth-order valence-electron chi connectivity index (χ4n) is 3.34. The molecule has 1 fully saturated rings. The summed E-state index contributed by atoms with van der Waals surface area (Å²) in [5, 5.41) is 9.12. The summed E-state index contributed by atoms with van der Waals surface area (Å²) in [6.07, 6.45) is 4.99. The van der Waals surface area contributed by atoms with Gasteiger partial charge in [0.2, 0.25) is 5.91 Å². The second-order valence-corrected chi connectivity index (χ2v) is 6.47. The fraction of sp³-hybridized carbons (Fsp3) is 0.579. The first-order valence-electron chi connectivity index (χ1n) is 8.68. The highest BCUT2D eigenvalue weighted by Crippen LogP contribution is 2.25. The highest BCUT2D eigenvalue weighted by Gasteiger charge is 2.37.